The molecule has 1 aromatic carbocycles. The maximum absolute atomic E-state index is 13.6. The summed E-state index contributed by atoms with van der Waals surface area (Å²) in [6.07, 6.45) is -2.09. The highest BCUT2D eigenvalue weighted by Crippen LogP contribution is 2.55. The van der Waals surface area contributed by atoms with Crippen LogP contribution in [0.5, 0.6) is 0 Å². The van der Waals surface area contributed by atoms with E-state index in [9.17, 15) is 14.5 Å². The van der Waals surface area contributed by atoms with Gasteiger partial charge in [0.05, 0.1) is 23.4 Å². The van der Waals surface area contributed by atoms with Crippen molar-refractivity contribution in [2.45, 2.75) is 78.6 Å². The molecule has 1 unspecified atom stereocenters. The Kier molecular flexibility index (Phi) is 10.2. The molecular formula is C22H38NO7P. The minimum absolute atomic E-state index is 0.0361. The molecule has 1 rings (SSSR count). The molecule has 0 aliphatic rings. The van der Waals surface area contributed by atoms with Crippen LogP contribution in [-0.2, 0) is 29.7 Å². The Hall–Kier alpha value is -1.44. The van der Waals surface area contributed by atoms with Crippen molar-refractivity contribution in [2.24, 2.45) is 5.92 Å². The van der Waals surface area contributed by atoms with Crippen molar-refractivity contribution >= 4 is 13.7 Å². The number of carbonyl (C=O) groups is 1. The second-order valence-electron chi connectivity index (χ2n) is 9.54. The molecular weight excluding hydrogens is 421 g/mol. The molecule has 0 aliphatic heterocycles. The lowest BCUT2D eigenvalue weighted by atomic mass is 10.0. The molecule has 0 aromatic heterocycles. The fourth-order valence-corrected chi connectivity index (χ4v) is 5.72. The summed E-state index contributed by atoms with van der Waals surface area (Å²) < 4.78 is 35.5. The lowest BCUT2D eigenvalue weighted by Crippen LogP contribution is -2.49. The van der Waals surface area contributed by atoms with Gasteiger partial charge >= 0.3 is 13.7 Å². The fourth-order valence-electron chi connectivity index (χ4n) is 2.94. The van der Waals surface area contributed by atoms with E-state index in [0.717, 1.165) is 5.56 Å². The zero-order valence-electron chi connectivity index (χ0n) is 19.9. The minimum atomic E-state index is -3.59. The van der Waals surface area contributed by atoms with Gasteiger partial charge in [-0.2, -0.15) is 0 Å². The van der Waals surface area contributed by atoms with Crippen LogP contribution in [-0.4, -0.2) is 48.0 Å². The summed E-state index contributed by atoms with van der Waals surface area (Å²) in [6, 6.07) is 8.33. The highest BCUT2D eigenvalue weighted by atomic mass is 31.2. The van der Waals surface area contributed by atoms with Crippen LogP contribution >= 0.6 is 7.60 Å². The molecule has 31 heavy (non-hydrogen) atoms. The van der Waals surface area contributed by atoms with Crippen molar-refractivity contribution in [3.05, 3.63) is 35.9 Å². The Bertz CT molecular complexity index is 708. The molecule has 9 heteroatoms. The van der Waals surface area contributed by atoms with Crippen molar-refractivity contribution in [1.29, 1.82) is 0 Å². The van der Waals surface area contributed by atoms with Crippen molar-refractivity contribution in [1.82, 2.24) is 5.32 Å². The second kappa shape index (κ2) is 11.4. The van der Waals surface area contributed by atoms with E-state index in [2.05, 4.69) is 5.32 Å². The van der Waals surface area contributed by atoms with Crippen LogP contribution in [0.15, 0.2) is 30.3 Å². The summed E-state index contributed by atoms with van der Waals surface area (Å²) in [4.78, 5) is 12.3. The number of ether oxygens (including phenoxy) is 2. The van der Waals surface area contributed by atoms with E-state index >= 15 is 0 Å². The van der Waals surface area contributed by atoms with Crippen LogP contribution in [0, 0.1) is 5.92 Å². The van der Waals surface area contributed by atoms with Crippen LogP contribution in [0.4, 0.5) is 4.79 Å². The monoisotopic (exact) mass is 459 g/mol. The third-order valence-electron chi connectivity index (χ3n) is 4.00. The van der Waals surface area contributed by atoms with E-state index < -0.39 is 43.1 Å². The third kappa shape index (κ3) is 11.1. The van der Waals surface area contributed by atoms with E-state index in [1.54, 1.807) is 48.5 Å². The number of amides is 1. The van der Waals surface area contributed by atoms with Gasteiger partial charge in [0.15, 0.2) is 6.29 Å². The zero-order valence-corrected chi connectivity index (χ0v) is 20.8. The smallest absolute Gasteiger partial charge is 0.407 e. The summed E-state index contributed by atoms with van der Waals surface area (Å²) in [6.45, 7) is 12.5. The Labute approximate surface area is 186 Å². The van der Waals surface area contributed by atoms with Gasteiger partial charge in [0.25, 0.3) is 0 Å². The Morgan fingerprint density at radius 3 is 2.03 bits per heavy atom. The largest absolute Gasteiger partial charge is 0.445 e. The molecule has 0 heterocycles. The van der Waals surface area contributed by atoms with Gasteiger partial charge in [-0.15, -0.1) is 0 Å². The summed E-state index contributed by atoms with van der Waals surface area (Å²) >= 11 is 0. The normalized spacial score (nSPS) is 15.8. The van der Waals surface area contributed by atoms with Crippen LogP contribution in [0.2, 0.25) is 0 Å². The SMILES string of the molecule is COC(O)[C@@H](NC(=O)OCc1ccccc1)[C@@H](C)CP(=O)(OC(C)(C)C)OC(C)(C)C. The summed E-state index contributed by atoms with van der Waals surface area (Å²) in [5.41, 5.74) is -0.591. The lowest BCUT2D eigenvalue weighted by molar-refractivity contribution is -0.105. The average Bonchev–Trinajstić information content (AvgIpc) is 2.61. The maximum atomic E-state index is 13.6. The molecule has 3 atom stereocenters. The van der Waals surface area contributed by atoms with Crippen LogP contribution in [0.3, 0.4) is 0 Å². The molecule has 0 fully saturated rings. The standard InChI is InChI=1S/C22H38NO7P/c1-16(15-31(26,29-21(2,3)4)30-22(5,6)7)18(19(24)27-8)23-20(25)28-14-17-12-10-9-11-13-17/h9-13,16,18-19,24H,14-15H2,1-8H3,(H,23,25)/t16-,18-,19?/m0/s1. The molecule has 0 bridgehead atoms. The number of nitrogens with one attached hydrogen (secondary N) is 1. The highest BCUT2D eigenvalue weighted by Gasteiger charge is 2.40. The number of rotatable bonds is 10. The first kappa shape index (κ1) is 27.6. The number of methoxy groups -OCH3 is 1. The quantitative estimate of drug-likeness (QED) is 0.386. The Balaban J connectivity index is 2.92. The molecule has 8 nitrogen and oxygen atoms in total. The molecule has 0 saturated heterocycles. The highest BCUT2D eigenvalue weighted by molar-refractivity contribution is 7.53. The van der Waals surface area contributed by atoms with Gasteiger partial charge in [-0.3, -0.25) is 4.57 Å². The molecule has 0 radical (unpaired) electrons. The summed E-state index contributed by atoms with van der Waals surface area (Å²) in [7, 11) is -2.27. The van der Waals surface area contributed by atoms with Gasteiger partial charge in [0.1, 0.15) is 6.61 Å². The zero-order chi connectivity index (χ0) is 23.9. The number of benzene rings is 1. The number of aliphatic hydroxyl groups excluding tert-OH is 1. The number of alkyl carbamates (subject to hydrolysis) is 1. The maximum Gasteiger partial charge on any atom is 0.407 e. The first-order valence-electron chi connectivity index (χ1n) is 10.3. The van der Waals surface area contributed by atoms with Gasteiger partial charge in [-0.1, -0.05) is 37.3 Å². The molecule has 0 saturated carbocycles. The van der Waals surface area contributed by atoms with E-state index in [1.165, 1.54) is 7.11 Å². The Morgan fingerprint density at radius 2 is 1.58 bits per heavy atom. The van der Waals surface area contributed by atoms with Gasteiger partial charge in [-0.25, -0.2) is 4.79 Å². The summed E-state index contributed by atoms with van der Waals surface area (Å²) in [5, 5.41) is 12.9. The third-order valence-corrected chi connectivity index (χ3v) is 6.67. The number of hydrogen-bond donors (Lipinski definition) is 2. The van der Waals surface area contributed by atoms with E-state index in [1.807, 2.05) is 30.3 Å². The van der Waals surface area contributed by atoms with Gasteiger partial charge < -0.3 is 28.9 Å². The van der Waals surface area contributed by atoms with Gasteiger partial charge in [-0.05, 0) is 53.0 Å². The van der Waals surface area contributed by atoms with E-state index in [4.69, 9.17) is 18.5 Å². The summed E-state index contributed by atoms with van der Waals surface area (Å²) in [5.74, 6) is -0.519. The van der Waals surface area contributed by atoms with Crippen molar-refractivity contribution in [3.63, 3.8) is 0 Å². The average molecular weight is 460 g/mol. The Morgan fingerprint density at radius 1 is 1.06 bits per heavy atom. The van der Waals surface area contributed by atoms with Crippen LogP contribution in [0.1, 0.15) is 54.0 Å². The molecule has 2 N–H and O–H groups in total. The minimum Gasteiger partial charge on any atom is -0.445 e. The predicted molar refractivity (Wildman–Crippen MR) is 120 cm³/mol. The second-order valence-corrected chi connectivity index (χ2v) is 11.5. The topological polar surface area (TPSA) is 103 Å². The van der Waals surface area contributed by atoms with Crippen molar-refractivity contribution < 1.29 is 33.0 Å². The van der Waals surface area contributed by atoms with Crippen molar-refractivity contribution in [2.75, 3.05) is 13.3 Å². The molecule has 0 aliphatic carbocycles. The lowest BCUT2D eigenvalue weighted by Gasteiger charge is -2.35. The van der Waals surface area contributed by atoms with Crippen LogP contribution in [0.25, 0.3) is 0 Å². The van der Waals surface area contributed by atoms with Gasteiger partial charge in [0.2, 0.25) is 0 Å². The molecule has 1 amide bonds. The van der Waals surface area contributed by atoms with Gasteiger partial charge in [0, 0.05) is 7.11 Å². The molecule has 178 valence electrons. The van der Waals surface area contributed by atoms with Crippen molar-refractivity contribution in [3.8, 4) is 0 Å². The number of hydrogen-bond acceptors (Lipinski definition) is 7. The van der Waals surface area contributed by atoms with E-state index in [0.29, 0.717) is 0 Å². The van der Waals surface area contributed by atoms with E-state index in [-0.39, 0.29) is 12.8 Å². The van der Waals surface area contributed by atoms with Crippen LogP contribution < -0.4 is 5.32 Å². The number of aliphatic hydroxyl groups is 1. The number of carbonyl (C=O) groups excluding carboxylic acids is 1. The molecule has 0 spiro atoms. The molecule has 1 aromatic rings. The first-order valence-corrected chi connectivity index (χ1v) is 12.1. The first-order chi connectivity index (χ1) is 14.1. The fraction of sp³-hybridized carbons (Fsp3) is 0.682. The predicted octanol–water partition coefficient (Wildman–Crippen LogP) is 4.71.